The minimum absolute atomic E-state index is 0.134. The largest absolute Gasteiger partial charge is 0.459 e. The van der Waals surface area contributed by atoms with Crippen LogP contribution < -0.4 is 0 Å². The fourth-order valence-corrected chi connectivity index (χ4v) is 9.02. The van der Waals surface area contributed by atoms with E-state index in [2.05, 4.69) is 0 Å². The van der Waals surface area contributed by atoms with Crippen molar-refractivity contribution in [3.05, 3.63) is 0 Å². The second-order valence-electron chi connectivity index (χ2n) is 17.3. The number of carbonyl (C=O) groups is 1. The van der Waals surface area contributed by atoms with Gasteiger partial charge in [0.2, 0.25) is 0 Å². The third-order valence-corrected chi connectivity index (χ3v) is 12.4. The van der Waals surface area contributed by atoms with E-state index in [1.807, 2.05) is 58.5 Å². The van der Waals surface area contributed by atoms with Gasteiger partial charge in [-0.05, 0) is 94.3 Å². The molecule has 0 bridgehead atoms. The number of hydrogen-bond acceptors (Lipinski definition) is 14. The van der Waals surface area contributed by atoms with Crippen LogP contribution in [0.4, 0.5) is 0 Å². The lowest BCUT2D eigenvalue weighted by molar-refractivity contribution is -0.318. The summed E-state index contributed by atoms with van der Waals surface area (Å²) in [5, 5.41) is 58.5. The highest BCUT2D eigenvalue weighted by Crippen LogP contribution is 2.40. The monoisotopic (exact) mass is 763 g/mol. The summed E-state index contributed by atoms with van der Waals surface area (Å²) in [7, 11) is 5.29. The zero-order valence-electron chi connectivity index (χ0n) is 34.9. The number of hydrogen-bond donors (Lipinski definition) is 5. The Bertz CT molecular complexity index is 1160. The van der Waals surface area contributed by atoms with Gasteiger partial charge in [-0.25, -0.2) is 0 Å². The van der Waals surface area contributed by atoms with E-state index in [1.165, 1.54) is 14.0 Å². The topological polar surface area (TPSA) is 180 Å². The van der Waals surface area contributed by atoms with Crippen molar-refractivity contribution < 1.29 is 58.7 Å². The molecule has 53 heavy (non-hydrogen) atoms. The van der Waals surface area contributed by atoms with Crippen LogP contribution in [0.15, 0.2) is 0 Å². The second-order valence-corrected chi connectivity index (χ2v) is 17.3. The maximum Gasteiger partial charge on any atom is 0.311 e. The molecule has 0 spiro atoms. The van der Waals surface area contributed by atoms with Gasteiger partial charge in [0, 0.05) is 38.1 Å². The SMILES string of the molecule is CC[C@H]1OC(=O)[C@H](C)[C@@H](O[C@H]2C[C@@](C)(OC)[C@@H](O)[C@H](C)O2)[C@H](C)[C@@H](OC2O[C@H](C)C[C@H](N(C)C)[C@H]2O)[C@](C)(O)C[C@@H](C)CN(CC)[C@H](C)[C@@H](O)[C@]1(C)O. The average Bonchev–Trinajstić information content (AvgIpc) is 3.08. The van der Waals surface area contributed by atoms with Crippen molar-refractivity contribution in [2.75, 3.05) is 34.3 Å². The van der Waals surface area contributed by atoms with Gasteiger partial charge in [-0.1, -0.05) is 27.7 Å². The zero-order valence-corrected chi connectivity index (χ0v) is 34.9. The molecule has 3 aliphatic heterocycles. The molecule has 0 saturated carbocycles. The van der Waals surface area contributed by atoms with Crippen LogP contribution in [-0.4, -0.2) is 166 Å². The number of esters is 1. The molecule has 14 nitrogen and oxygen atoms in total. The van der Waals surface area contributed by atoms with Gasteiger partial charge in [0.15, 0.2) is 12.6 Å². The molecule has 1 unspecified atom stereocenters. The first-order chi connectivity index (χ1) is 24.4. The maximum absolute atomic E-state index is 14.3. The van der Waals surface area contributed by atoms with Crippen LogP contribution in [0.25, 0.3) is 0 Å². The molecule has 312 valence electrons. The molecule has 0 radical (unpaired) electrons. The first-order valence-electron chi connectivity index (χ1n) is 19.7. The number of rotatable bonds is 8. The summed E-state index contributed by atoms with van der Waals surface area (Å²) in [5.74, 6) is -2.58. The maximum atomic E-state index is 14.3. The molecule has 3 rings (SSSR count). The number of aliphatic hydroxyl groups excluding tert-OH is 3. The lowest BCUT2D eigenvalue weighted by atomic mass is 9.77. The van der Waals surface area contributed by atoms with E-state index in [4.69, 9.17) is 28.4 Å². The zero-order chi connectivity index (χ0) is 40.4. The Morgan fingerprint density at radius 3 is 2.09 bits per heavy atom. The van der Waals surface area contributed by atoms with Crippen LogP contribution >= 0.6 is 0 Å². The molecule has 18 atom stereocenters. The standard InChI is InChI=1S/C39H74N2O12/c1-15-28-39(11,47)32(43)25(7)41(16-2)20-21(3)18-37(9,46)34(53-36-30(42)27(40(12)13)17-22(4)49-36)23(5)31(24(6)35(45)51-28)52-29-19-38(10,48-14)33(44)26(8)50-29/h21-34,36,42-44,46-47H,15-20H2,1-14H3/t21-,22-,23+,24-,25-,26+,27+,28-,29+,30-,31+,32-,33+,34-,36?,37-,38-,39-/m1/s1. The first-order valence-corrected chi connectivity index (χ1v) is 19.7. The van der Waals surface area contributed by atoms with E-state index in [0.717, 1.165) is 0 Å². The fourth-order valence-electron chi connectivity index (χ4n) is 9.02. The molecular weight excluding hydrogens is 688 g/mol. The van der Waals surface area contributed by atoms with Crippen molar-refractivity contribution in [2.24, 2.45) is 17.8 Å². The number of nitrogens with zero attached hydrogens (tertiary/aromatic N) is 2. The Morgan fingerprint density at radius 2 is 1.55 bits per heavy atom. The van der Waals surface area contributed by atoms with Gasteiger partial charge >= 0.3 is 5.97 Å². The quantitative estimate of drug-likeness (QED) is 0.228. The molecule has 14 heteroatoms. The Morgan fingerprint density at radius 1 is 0.925 bits per heavy atom. The van der Waals surface area contributed by atoms with Gasteiger partial charge in [0.25, 0.3) is 0 Å². The Hall–Kier alpha value is -1.01. The summed E-state index contributed by atoms with van der Waals surface area (Å²) in [6.07, 6.45) is -8.18. The van der Waals surface area contributed by atoms with Crippen molar-refractivity contribution in [1.29, 1.82) is 0 Å². The van der Waals surface area contributed by atoms with Gasteiger partial charge in [0.05, 0.1) is 41.5 Å². The van der Waals surface area contributed by atoms with Crippen molar-refractivity contribution >= 4 is 5.97 Å². The van der Waals surface area contributed by atoms with Crippen molar-refractivity contribution in [2.45, 2.75) is 192 Å². The molecule has 3 saturated heterocycles. The van der Waals surface area contributed by atoms with E-state index >= 15 is 0 Å². The highest BCUT2D eigenvalue weighted by atomic mass is 16.7. The number of cyclic esters (lactones) is 1. The number of aliphatic hydroxyl groups is 5. The summed E-state index contributed by atoms with van der Waals surface area (Å²) < 4.78 is 37.6. The predicted molar refractivity (Wildman–Crippen MR) is 199 cm³/mol. The van der Waals surface area contributed by atoms with E-state index < -0.39 is 96.0 Å². The lowest BCUT2D eigenvalue weighted by Crippen LogP contribution is -2.60. The number of carbonyl (C=O) groups excluding carboxylic acids is 1. The van der Waals surface area contributed by atoms with E-state index in [0.29, 0.717) is 19.5 Å². The molecule has 0 aromatic carbocycles. The van der Waals surface area contributed by atoms with Crippen LogP contribution in [0.1, 0.15) is 102 Å². The summed E-state index contributed by atoms with van der Waals surface area (Å²) in [6, 6.07) is -0.794. The molecule has 0 amide bonds. The number of likely N-dealkylation sites (N-methyl/N-ethyl adjacent to an activating group) is 2. The molecule has 3 fully saturated rings. The van der Waals surface area contributed by atoms with Crippen LogP contribution in [0, 0.1) is 17.8 Å². The van der Waals surface area contributed by atoms with Crippen molar-refractivity contribution in [1.82, 2.24) is 9.80 Å². The third-order valence-electron chi connectivity index (χ3n) is 12.4. The van der Waals surface area contributed by atoms with Crippen LogP contribution in [0.2, 0.25) is 0 Å². The molecule has 0 aliphatic carbocycles. The lowest BCUT2D eigenvalue weighted by Gasteiger charge is -2.48. The number of ether oxygens (including phenoxy) is 6. The Balaban J connectivity index is 2.19. The molecule has 5 N–H and O–H groups in total. The summed E-state index contributed by atoms with van der Waals surface area (Å²) in [6.45, 7) is 20.7. The third kappa shape index (κ3) is 10.5. The van der Waals surface area contributed by atoms with Gasteiger partial charge < -0.3 is 58.9 Å². The van der Waals surface area contributed by atoms with Crippen LogP contribution in [-0.2, 0) is 33.2 Å². The fraction of sp³-hybridized carbons (Fsp3) is 0.974. The van der Waals surface area contributed by atoms with Gasteiger partial charge in [-0.15, -0.1) is 0 Å². The Kier molecular flexibility index (Phi) is 16.2. The Labute approximate surface area is 318 Å². The van der Waals surface area contributed by atoms with Gasteiger partial charge in [-0.3, -0.25) is 9.69 Å². The van der Waals surface area contributed by atoms with Gasteiger partial charge in [-0.2, -0.15) is 0 Å². The normalized spacial score (nSPS) is 48.9. The predicted octanol–water partition coefficient (Wildman–Crippen LogP) is 2.29. The highest BCUT2D eigenvalue weighted by Gasteiger charge is 2.52. The smallest absolute Gasteiger partial charge is 0.311 e. The van der Waals surface area contributed by atoms with Crippen molar-refractivity contribution in [3.63, 3.8) is 0 Å². The summed E-state index contributed by atoms with van der Waals surface area (Å²) in [5.41, 5.74) is -4.38. The molecule has 3 heterocycles. The molecule has 0 aromatic rings. The van der Waals surface area contributed by atoms with Crippen LogP contribution in [0.5, 0.6) is 0 Å². The minimum atomic E-state index is -1.80. The van der Waals surface area contributed by atoms with E-state index in [1.54, 1.807) is 34.6 Å². The molecular formula is C39H74N2O12. The van der Waals surface area contributed by atoms with E-state index in [9.17, 15) is 30.3 Å². The summed E-state index contributed by atoms with van der Waals surface area (Å²) in [4.78, 5) is 18.2. The average molecular weight is 763 g/mol. The summed E-state index contributed by atoms with van der Waals surface area (Å²) >= 11 is 0. The van der Waals surface area contributed by atoms with Gasteiger partial charge in [0.1, 0.15) is 30.0 Å². The molecule has 0 aromatic heterocycles. The van der Waals surface area contributed by atoms with Crippen LogP contribution in [0.3, 0.4) is 0 Å². The second kappa shape index (κ2) is 18.5. The first kappa shape index (κ1) is 46.4. The molecule has 3 aliphatic rings. The number of methoxy groups -OCH3 is 1. The highest BCUT2D eigenvalue weighted by molar-refractivity contribution is 5.73. The minimum Gasteiger partial charge on any atom is -0.459 e. The van der Waals surface area contributed by atoms with Crippen molar-refractivity contribution in [3.8, 4) is 0 Å². The van der Waals surface area contributed by atoms with E-state index in [-0.39, 0.29) is 37.3 Å².